The minimum absolute atomic E-state index is 0.164. The third kappa shape index (κ3) is 4.65. The van der Waals surface area contributed by atoms with Crippen LogP contribution in [0.1, 0.15) is 33.3 Å². The Kier molecular flexibility index (Phi) is 5.29. The number of ether oxygens (including phenoxy) is 3. The summed E-state index contributed by atoms with van der Waals surface area (Å²) in [4.78, 5) is 0. The molecule has 0 heterocycles. The van der Waals surface area contributed by atoms with Gasteiger partial charge in [0.15, 0.2) is 0 Å². The maximum absolute atomic E-state index is 5.62. The van der Waals surface area contributed by atoms with E-state index in [1.807, 2.05) is 45.9 Å². The molecule has 0 saturated heterocycles. The molecule has 1 aromatic carbocycles. The Bertz CT molecular complexity index is 345. The summed E-state index contributed by atoms with van der Waals surface area (Å²) in [6.07, 6.45) is 0.378. The normalized spacial score (nSPS) is 11.0. The summed E-state index contributed by atoms with van der Waals surface area (Å²) in [5, 5.41) is 0. The smallest absolute Gasteiger partial charge is 0.128 e. The maximum Gasteiger partial charge on any atom is 0.128 e. The minimum Gasteiger partial charge on any atom is -0.496 e. The Morgan fingerprint density at radius 2 is 1.76 bits per heavy atom. The molecule has 0 aliphatic heterocycles. The van der Waals surface area contributed by atoms with Gasteiger partial charge in [-0.1, -0.05) is 0 Å². The average Bonchev–Trinajstić information content (AvgIpc) is 2.26. The molecular weight excluding hydrogens is 216 g/mol. The van der Waals surface area contributed by atoms with Crippen LogP contribution in [0.3, 0.4) is 0 Å². The van der Waals surface area contributed by atoms with E-state index in [0.717, 1.165) is 17.1 Å². The molecular formula is C14H22O3. The van der Waals surface area contributed by atoms with Gasteiger partial charge in [-0.25, -0.2) is 0 Å². The third-order valence-corrected chi connectivity index (χ3v) is 2.20. The van der Waals surface area contributed by atoms with Gasteiger partial charge in [0.1, 0.15) is 11.5 Å². The Balaban J connectivity index is 2.78. The summed E-state index contributed by atoms with van der Waals surface area (Å²) in [6.45, 7) is 8.60. The van der Waals surface area contributed by atoms with Gasteiger partial charge in [0.25, 0.3) is 0 Å². The van der Waals surface area contributed by atoms with Crippen LogP contribution in [0.5, 0.6) is 11.5 Å². The summed E-state index contributed by atoms with van der Waals surface area (Å²) in [5.74, 6) is 1.63. The van der Waals surface area contributed by atoms with E-state index in [9.17, 15) is 0 Å². The molecule has 0 bridgehead atoms. The summed E-state index contributed by atoms with van der Waals surface area (Å²) in [5.41, 5.74) is 1.04. The molecule has 0 saturated carbocycles. The highest BCUT2D eigenvalue weighted by molar-refractivity contribution is 5.40. The summed E-state index contributed by atoms with van der Waals surface area (Å²) in [7, 11) is 1.66. The van der Waals surface area contributed by atoms with Crippen LogP contribution in [0.25, 0.3) is 0 Å². The van der Waals surface area contributed by atoms with E-state index < -0.39 is 0 Å². The first-order valence-electron chi connectivity index (χ1n) is 5.98. The zero-order chi connectivity index (χ0) is 12.8. The number of benzene rings is 1. The predicted molar refractivity (Wildman–Crippen MR) is 68.7 cm³/mol. The van der Waals surface area contributed by atoms with Gasteiger partial charge < -0.3 is 14.2 Å². The van der Waals surface area contributed by atoms with Crippen molar-refractivity contribution in [2.24, 2.45) is 0 Å². The maximum atomic E-state index is 5.62. The van der Waals surface area contributed by atoms with E-state index in [-0.39, 0.29) is 12.2 Å². The molecule has 0 spiro atoms. The molecule has 3 heteroatoms. The van der Waals surface area contributed by atoms with Crippen LogP contribution >= 0.6 is 0 Å². The third-order valence-electron chi connectivity index (χ3n) is 2.20. The number of rotatable bonds is 6. The van der Waals surface area contributed by atoms with E-state index in [0.29, 0.717) is 6.61 Å². The van der Waals surface area contributed by atoms with Crippen molar-refractivity contribution in [2.75, 3.05) is 7.11 Å². The van der Waals surface area contributed by atoms with Crippen molar-refractivity contribution < 1.29 is 14.2 Å². The lowest BCUT2D eigenvalue weighted by atomic mass is 10.2. The molecule has 0 fully saturated rings. The van der Waals surface area contributed by atoms with E-state index in [1.54, 1.807) is 7.11 Å². The molecule has 0 aliphatic carbocycles. The first-order valence-corrected chi connectivity index (χ1v) is 5.98. The van der Waals surface area contributed by atoms with Crippen molar-refractivity contribution in [3.63, 3.8) is 0 Å². The zero-order valence-corrected chi connectivity index (χ0v) is 11.3. The van der Waals surface area contributed by atoms with Crippen LogP contribution < -0.4 is 9.47 Å². The van der Waals surface area contributed by atoms with Gasteiger partial charge >= 0.3 is 0 Å². The topological polar surface area (TPSA) is 27.7 Å². The molecule has 0 aromatic heterocycles. The van der Waals surface area contributed by atoms with E-state index >= 15 is 0 Å². The van der Waals surface area contributed by atoms with Gasteiger partial charge in [-0.15, -0.1) is 0 Å². The lowest BCUT2D eigenvalue weighted by Gasteiger charge is -2.14. The van der Waals surface area contributed by atoms with E-state index in [4.69, 9.17) is 14.2 Å². The minimum atomic E-state index is 0.164. The van der Waals surface area contributed by atoms with Crippen LogP contribution in [0, 0.1) is 0 Å². The average molecular weight is 238 g/mol. The molecule has 0 atom stereocenters. The van der Waals surface area contributed by atoms with Crippen molar-refractivity contribution in [3.05, 3.63) is 23.8 Å². The quantitative estimate of drug-likeness (QED) is 0.760. The largest absolute Gasteiger partial charge is 0.496 e. The highest BCUT2D eigenvalue weighted by Crippen LogP contribution is 2.26. The van der Waals surface area contributed by atoms with Crippen LogP contribution in [0.2, 0.25) is 0 Å². The fraction of sp³-hybridized carbons (Fsp3) is 0.571. The molecule has 0 unspecified atom stereocenters. The van der Waals surface area contributed by atoms with E-state index in [1.165, 1.54) is 0 Å². The summed E-state index contributed by atoms with van der Waals surface area (Å²) < 4.78 is 16.5. The highest BCUT2D eigenvalue weighted by Gasteiger charge is 2.07. The van der Waals surface area contributed by atoms with Gasteiger partial charge in [0, 0.05) is 11.6 Å². The molecule has 3 nitrogen and oxygen atoms in total. The van der Waals surface area contributed by atoms with Crippen molar-refractivity contribution in [1.82, 2.24) is 0 Å². The second kappa shape index (κ2) is 6.50. The number of hydrogen-bond donors (Lipinski definition) is 0. The first-order chi connectivity index (χ1) is 8.02. The number of hydrogen-bond acceptors (Lipinski definition) is 3. The van der Waals surface area contributed by atoms with Crippen molar-refractivity contribution >= 4 is 0 Å². The lowest BCUT2D eigenvalue weighted by Crippen LogP contribution is -2.07. The van der Waals surface area contributed by atoms with Gasteiger partial charge in [0.2, 0.25) is 0 Å². The fourth-order valence-corrected chi connectivity index (χ4v) is 1.45. The first kappa shape index (κ1) is 13.8. The lowest BCUT2D eigenvalue weighted by molar-refractivity contribution is 0.0644. The molecule has 0 aliphatic rings. The van der Waals surface area contributed by atoms with Crippen LogP contribution in [0.4, 0.5) is 0 Å². The number of methoxy groups -OCH3 is 1. The van der Waals surface area contributed by atoms with Gasteiger partial charge in [-0.3, -0.25) is 0 Å². The van der Waals surface area contributed by atoms with E-state index in [2.05, 4.69) is 0 Å². The van der Waals surface area contributed by atoms with Gasteiger partial charge in [0.05, 0.1) is 25.9 Å². The second-order valence-corrected chi connectivity index (χ2v) is 4.50. The van der Waals surface area contributed by atoms with Crippen molar-refractivity contribution in [2.45, 2.75) is 46.5 Å². The van der Waals surface area contributed by atoms with Gasteiger partial charge in [-0.05, 0) is 39.8 Å². The van der Waals surface area contributed by atoms with Gasteiger partial charge in [-0.2, -0.15) is 0 Å². The molecule has 0 radical (unpaired) electrons. The summed E-state index contributed by atoms with van der Waals surface area (Å²) >= 11 is 0. The standard InChI is InChI=1S/C14H22O3/c1-10(2)16-9-12-6-7-13(17-11(3)4)8-14(12)15-5/h6-8,10-11H,9H2,1-5H3. The molecule has 1 rings (SSSR count). The fourth-order valence-electron chi connectivity index (χ4n) is 1.45. The second-order valence-electron chi connectivity index (χ2n) is 4.50. The Hall–Kier alpha value is -1.22. The Morgan fingerprint density at radius 1 is 1.06 bits per heavy atom. The van der Waals surface area contributed by atoms with Crippen molar-refractivity contribution in [1.29, 1.82) is 0 Å². The summed E-state index contributed by atoms with van der Waals surface area (Å²) in [6, 6.07) is 5.83. The Labute approximate surface area is 104 Å². The molecule has 1 aromatic rings. The SMILES string of the molecule is COc1cc(OC(C)C)ccc1COC(C)C. The predicted octanol–water partition coefficient (Wildman–Crippen LogP) is 3.41. The van der Waals surface area contributed by atoms with Crippen LogP contribution in [-0.2, 0) is 11.3 Å². The monoisotopic (exact) mass is 238 g/mol. The van der Waals surface area contributed by atoms with Crippen LogP contribution in [-0.4, -0.2) is 19.3 Å². The van der Waals surface area contributed by atoms with Crippen molar-refractivity contribution in [3.8, 4) is 11.5 Å². The molecule has 0 N–H and O–H groups in total. The Morgan fingerprint density at radius 3 is 2.29 bits per heavy atom. The highest BCUT2D eigenvalue weighted by atomic mass is 16.5. The molecule has 0 amide bonds. The zero-order valence-electron chi connectivity index (χ0n) is 11.3. The molecule has 17 heavy (non-hydrogen) atoms. The molecule has 96 valence electrons. The van der Waals surface area contributed by atoms with Crippen LogP contribution in [0.15, 0.2) is 18.2 Å².